The van der Waals surface area contributed by atoms with Gasteiger partial charge in [-0.2, -0.15) is 0 Å². The summed E-state index contributed by atoms with van der Waals surface area (Å²) >= 11 is 6.44. The molecule has 0 aliphatic carbocycles. The predicted octanol–water partition coefficient (Wildman–Crippen LogP) is 3.68. The molecule has 1 heterocycles. The summed E-state index contributed by atoms with van der Waals surface area (Å²) in [7, 11) is 0. The van der Waals surface area contributed by atoms with Crippen molar-refractivity contribution in [2.75, 3.05) is 37.7 Å². The molecule has 5 heteroatoms. The molecule has 0 atom stereocenters. The highest BCUT2D eigenvalue weighted by Crippen LogP contribution is 2.31. The van der Waals surface area contributed by atoms with Crippen LogP contribution in [0.2, 0.25) is 5.02 Å². The average molecular weight is 359 g/mol. The highest BCUT2D eigenvalue weighted by molar-refractivity contribution is 6.33. The number of piperazine rings is 1. The number of rotatable bonds is 4. The number of benzene rings is 2. The average Bonchev–Trinajstić information content (AvgIpc) is 2.60. The molecule has 0 unspecified atom stereocenters. The summed E-state index contributed by atoms with van der Waals surface area (Å²) < 4.78 is 5.56. The lowest BCUT2D eigenvalue weighted by atomic mass is 10.1. The Morgan fingerprint density at radius 2 is 1.76 bits per heavy atom. The molecule has 1 saturated heterocycles. The van der Waals surface area contributed by atoms with Gasteiger partial charge in [-0.15, -0.1) is 0 Å². The lowest BCUT2D eigenvalue weighted by Gasteiger charge is -2.37. The number of anilines is 1. The number of hydrogen-bond donors (Lipinski definition) is 0. The molecule has 0 bridgehead atoms. The molecule has 0 N–H and O–H groups in total. The second-order valence-electron chi connectivity index (χ2n) is 6.38. The second kappa shape index (κ2) is 7.79. The maximum absolute atomic E-state index is 12.3. The van der Waals surface area contributed by atoms with Crippen LogP contribution in [0.25, 0.3) is 0 Å². The van der Waals surface area contributed by atoms with E-state index in [0.717, 1.165) is 35.1 Å². The van der Waals surface area contributed by atoms with Crippen molar-refractivity contribution in [2.24, 2.45) is 0 Å². The molecule has 25 heavy (non-hydrogen) atoms. The molecule has 132 valence electrons. The minimum atomic E-state index is 0.0234. The molecule has 1 fully saturated rings. The summed E-state index contributed by atoms with van der Waals surface area (Å²) in [5.41, 5.74) is 3.43. The third kappa shape index (κ3) is 4.26. The van der Waals surface area contributed by atoms with E-state index in [0.29, 0.717) is 13.1 Å². The van der Waals surface area contributed by atoms with Crippen LogP contribution in [0.3, 0.4) is 0 Å². The molecule has 1 aliphatic rings. The van der Waals surface area contributed by atoms with Gasteiger partial charge in [0.25, 0.3) is 5.91 Å². The van der Waals surface area contributed by atoms with Crippen molar-refractivity contribution in [1.82, 2.24) is 4.90 Å². The van der Waals surface area contributed by atoms with Gasteiger partial charge >= 0.3 is 0 Å². The number of nitrogens with zero attached hydrogens (tertiary/aromatic N) is 2. The van der Waals surface area contributed by atoms with Gasteiger partial charge in [0.05, 0.1) is 10.7 Å². The molecule has 0 spiro atoms. The number of amides is 1. The minimum Gasteiger partial charge on any atom is -0.484 e. The van der Waals surface area contributed by atoms with Gasteiger partial charge in [0.2, 0.25) is 0 Å². The highest BCUT2D eigenvalue weighted by atomic mass is 35.5. The molecule has 1 aliphatic heterocycles. The van der Waals surface area contributed by atoms with Crippen molar-refractivity contribution in [3.8, 4) is 5.75 Å². The van der Waals surface area contributed by atoms with E-state index >= 15 is 0 Å². The van der Waals surface area contributed by atoms with Gasteiger partial charge in [0.1, 0.15) is 5.75 Å². The Hall–Kier alpha value is -2.20. The summed E-state index contributed by atoms with van der Waals surface area (Å²) in [6, 6.07) is 13.6. The summed E-state index contributed by atoms with van der Waals surface area (Å²) in [5.74, 6) is 0.742. The second-order valence-corrected chi connectivity index (χ2v) is 6.79. The van der Waals surface area contributed by atoms with Gasteiger partial charge in [0.15, 0.2) is 6.61 Å². The van der Waals surface area contributed by atoms with Gasteiger partial charge in [-0.1, -0.05) is 35.9 Å². The van der Waals surface area contributed by atoms with E-state index in [9.17, 15) is 4.79 Å². The van der Waals surface area contributed by atoms with Gasteiger partial charge in [-0.05, 0) is 43.2 Å². The van der Waals surface area contributed by atoms with E-state index < -0.39 is 0 Å². The lowest BCUT2D eigenvalue weighted by molar-refractivity contribution is -0.133. The van der Waals surface area contributed by atoms with Gasteiger partial charge in [-0.3, -0.25) is 4.79 Å². The Morgan fingerprint density at radius 1 is 1.08 bits per heavy atom. The third-order valence-electron chi connectivity index (χ3n) is 4.45. The Morgan fingerprint density at radius 3 is 2.40 bits per heavy atom. The highest BCUT2D eigenvalue weighted by Gasteiger charge is 2.23. The molecule has 2 aromatic carbocycles. The first kappa shape index (κ1) is 17.6. The van der Waals surface area contributed by atoms with E-state index in [1.54, 1.807) is 0 Å². The summed E-state index contributed by atoms with van der Waals surface area (Å²) in [4.78, 5) is 16.5. The fraction of sp³-hybridized carbons (Fsp3) is 0.350. The first-order valence-electron chi connectivity index (χ1n) is 8.52. The van der Waals surface area contributed by atoms with Crippen LogP contribution in [0, 0.1) is 13.8 Å². The SMILES string of the molecule is Cc1cc(C)c(N2CCN(C(=O)COc3ccccc3)CC2)c(Cl)c1. The topological polar surface area (TPSA) is 32.8 Å². The number of ether oxygens (including phenoxy) is 1. The van der Waals surface area contributed by atoms with Gasteiger partial charge in [0, 0.05) is 26.2 Å². The van der Waals surface area contributed by atoms with Crippen molar-refractivity contribution in [3.05, 3.63) is 58.6 Å². The number of hydrogen-bond acceptors (Lipinski definition) is 3. The molecule has 3 rings (SSSR count). The molecule has 4 nitrogen and oxygen atoms in total. The summed E-state index contributed by atoms with van der Waals surface area (Å²) in [6.07, 6.45) is 0. The zero-order valence-corrected chi connectivity index (χ0v) is 15.4. The molecule has 0 radical (unpaired) electrons. The van der Waals surface area contributed by atoms with E-state index in [2.05, 4.69) is 17.9 Å². The first-order chi connectivity index (χ1) is 12.0. The van der Waals surface area contributed by atoms with E-state index in [1.807, 2.05) is 48.2 Å². The molecule has 2 aromatic rings. The van der Waals surface area contributed by atoms with E-state index in [-0.39, 0.29) is 12.5 Å². The van der Waals surface area contributed by atoms with Gasteiger partial charge in [-0.25, -0.2) is 0 Å². The largest absolute Gasteiger partial charge is 0.484 e. The number of halogens is 1. The smallest absolute Gasteiger partial charge is 0.260 e. The van der Waals surface area contributed by atoms with Crippen LogP contribution in [0.4, 0.5) is 5.69 Å². The molecular weight excluding hydrogens is 336 g/mol. The first-order valence-corrected chi connectivity index (χ1v) is 8.89. The third-order valence-corrected chi connectivity index (χ3v) is 4.74. The fourth-order valence-electron chi connectivity index (χ4n) is 3.24. The van der Waals surface area contributed by atoms with Crippen molar-refractivity contribution >= 4 is 23.2 Å². The summed E-state index contributed by atoms with van der Waals surface area (Å²) in [6.45, 7) is 7.13. The Kier molecular flexibility index (Phi) is 5.49. The van der Waals surface area contributed by atoms with Crippen LogP contribution >= 0.6 is 11.6 Å². The molecule has 1 amide bonds. The number of carbonyl (C=O) groups is 1. The monoisotopic (exact) mass is 358 g/mol. The quantitative estimate of drug-likeness (QED) is 0.835. The zero-order valence-electron chi connectivity index (χ0n) is 14.7. The molecule has 0 aromatic heterocycles. The Balaban J connectivity index is 1.56. The van der Waals surface area contributed by atoms with Crippen molar-refractivity contribution in [3.63, 3.8) is 0 Å². The normalized spacial score (nSPS) is 14.5. The van der Waals surface area contributed by atoms with Crippen LogP contribution in [0.1, 0.15) is 11.1 Å². The predicted molar refractivity (Wildman–Crippen MR) is 102 cm³/mol. The van der Waals surface area contributed by atoms with Gasteiger partial charge < -0.3 is 14.5 Å². The molecule has 0 saturated carbocycles. The molecular formula is C20H23ClN2O2. The lowest BCUT2D eigenvalue weighted by Crippen LogP contribution is -2.50. The zero-order chi connectivity index (χ0) is 17.8. The Labute approximate surface area is 154 Å². The van der Waals surface area contributed by atoms with E-state index in [4.69, 9.17) is 16.3 Å². The van der Waals surface area contributed by atoms with Crippen molar-refractivity contribution in [2.45, 2.75) is 13.8 Å². The van der Waals surface area contributed by atoms with Crippen LogP contribution in [-0.4, -0.2) is 43.6 Å². The van der Waals surface area contributed by atoms with Crippen molar-refractivity contribution in [1.29, 1.82) is 0 Å². The standard InChI is InChI=1S/C20H23ClN2O2/c1-15-12-16(2)20(18(21)13-15)23-10-8-22(9-11-23)19(24)14-25-17-6-4-3-5-7-17/h3-7,12-13H,8-11,14H2,1-2H3. The maximum Gasteiger partial charge on any atom is 0.260 e. The number of aryl methyl sites for hydroxylation is 2. The fourth-order valence-corrected chi connectivity index (χ4v) is 3.68. The van der Waals surface area contributed by atoms with E-state index in [1.165, 1.54) is 5.56 Å². The van der Waals surface area contributed by atoms with Crippen LogP contribution in [0.15, 0.2) is 42.5 Å². The number of carbonyl (C=O) groups excluding carboxylic acids is 1. The van der Waals surface area contributed by atoms with Crippen LogP contribution in [-0.2, 0) is 4.79 Å². The van der Waals surface area contributed by atoms with Crippen LogP contribution in [0.5, 0.6) is 5.75 Å². The summed E-state index contributed by atoms with van der Waals surface area (Å²) in [5, 5.41) is 0.782. The van der Waals surface area contributed by atoms with Crippen molar-refractivity contribution < 1.29 is 9.53 Å². The van der Waals surface area contributed by atoms with Crippen LogP contribution < -0.4 is 9.64 Å². The maximum atomic E-state index is 12.3. The Bertz CT molecular complexity index is 718. The number of para-hydroxylation sites is 1. The minimum absolute atomic E-state index is 0.0234.